The number of hydrogen-bond acceptors (Lipinski definition) is 4. The summed E-state index contributed by atoms with van der Waals surface area (Å²) >= 11 is 0. The molecule has 1 aromatic heterocycles. The maximum absolute atomic E-state index is 10.0. The van der Waals surface area contributed by atoms with Gasteiger partial charge in [-0.1, -0.05) is 6.42 Å². The lowest BCUT2D eigenvalue weighted by molar-refractivity contribution is 0.275. The molecule has 0 saturated carbocycles. The second-order valence-corrected chi connectivity index (χ2v) is 4.29. The molecule has 3 N–H and O–H groups in total. The smallest absolute Gasteiger partial charge is 0.141 e. The molecule has 4 heteroatoms. The maximum Gasteiger partial charge on any atom is 0.141 e. The van der Waals surface area contributed by atoms with Crippen molar-refractivity contribution in [3.05, 3.63) is 23.0 Å². The molecule has 0 aliphatic carbocycles. The third-order valence-corrected chi connectivity index (χ3v) is 3.19. The van der Waals surface area contributed by atoms with E-state index < -0.39 is 0 Å². The van der Waals surface area contributed by atoms with Gasteiger partial charge in [-0.2, -0.15) is 0 Å². The van der Waals surface area contributed by atoms with Crippen LogP contribution >= 0.6 is 0 Å². The number of aryl methyl sites for hydroxylation is 1. The van der Waals surface area contributed by atoms with Crippen LogP contribution in [0, 0.1) is 6.92 Å². The van der Waals surface area contributed by atoms with Crippen LogP contribution < -0.4 is 5.32 Å². The Bertz CT molecular complexity index is 374. The first-order valence-corrected chi connectivity index (χ1v) is 5.75. The normalized spacial score (nSPS) is 21.0. The van der Waals surface area contributed by atoms with Gasteiger partial charge in [0.25, 0.3) is 0 Å². The molecule has 2 rings (SSSR count). The molecule has 1 saturated heterocycles. The number of rotatable bonds is 2. The molecule has 1 unspecified atom stereocenters. The minimum Gasteiger partial charge on any atom is -0.506 e. The molecule has 0 amide bonds. The van der Waals surface area contributed by atoms with Gasteiger partial charge in [0.15, 0.2) is 0 Å². The van der Waals surface area contributed by atoms with Crippen molar-refractivity contribution in [1.29, 1.82) is 0 Å². The number of aromatic hydroxyl groups is 1. The molecule has 1 aromatic rings. The highest BCUT2D eigenvalue weighted by Crippen LogP contribution is 2.33. The molecule has 0 spiro atoms. The Morgan fingerprint density at radius 1 is 1.50 bits per heavy atom. The molecule has 2 heterocycles. The van der Waals surface area contributed by atoms with Crippen LogP contribution in [-0.2, 0) is 6.61 Å². The Kier molecular flexibility index (Phi) is 3.41. The fourth-order valence-corrected chi connectivity index (χ4v) is 2.27. The zero-order chi connectivity index (χ0) is 11.5. The van der Waals surface area contributed by atoms with E-state index in [0.717, 1.165) is 30.5 Å². The van der Waals surface area contributed by atoms with Gasteiger partial charge in [-0.15, -0.1) is 0 Å². The fraction of sp³-hybridized carbons (Fsp3) is 0.583. The number of nitrogens with one attached hydrogen (secondary N) is 1. The summed E-state index contributed by atoms with van der Waals surface area (Å²) < 4.78 is 0. The lowest BCUT2D eigenvalue weighted by atomic mass is 9.93. The number of aromatic nitrogens is 1. The zero-order valence-electron chi connectivity index (χ0n) is 9.53. The molecular weight excluding hydrogens is 204 g/mol. The second-order valence-electron chi connectivity index (χ2n) is 4.29. The molecule has 0 aromatic carbocycles. The van der Waals surface area contributed by atoms with Crippen LogP contribution in [0.4, 0.5) is 0 Å². The molecule has 1 aliphatic rings. The summed E-state index contributed by atoms with van der Waals surface area (Å²) in [5.41, 5.74) is 2.18. The number of piperidine rings is 1. The Morgan fingerprint density at radius 3 is 2.94 bits per heavy atom. The van der Waals surface area contributed by atoms with E-state index >= 15 is 0 Å². The number of nitrogens with zero attached hydrogens (tertiary/aromatic N) is 1. The lowest BCUT2D eigenvalue weighted by Gasteiger charge is -2.26. The van der Waals surface area contributed by atoms with Crippen molar-refractivity contribution in [2.24, 2.45) is 0 Å². The summed E-state index contributed by atoms with van der Waals surface area (Å²) in [5.74, 6) is 0.228. The van der Waals surface area contributed by atoms with Crippen LogP contribution in [0.5, 0.6) is 5.75 Å². The fourth-order valence-electron chi connectivity index (χ4n) is 2.27. The molecule has 1 fully saturated rings. The molecule has 1 aliphatic heterocycles. The summed E-state index contributed by atoms with van der Waals surface area (Å²) in [7, 11) is 0. The predicted molar refractivity (Wildman–Crippen MR) is 61.2 cm³/mol. The summed E-state index contributed by atoms with van der Waals surface area (Å²) in [6.45, 7) is 2.67. The Morgan fingerprint density at radius 2 is 2.31 bits per heavy atom. The van der Waals surface area contributed by atoms with E-state index in [9.17, 15) is 10.2 Å². The van der Waals surface area contributed by atoms with Crippen molar-refractivity contribution in [2.75, 3.05) is 6.54 Å². The van der Waals surface area contributed by atoms with Crippen LogP contribution in [0.25, 0.3) is 0 Å². The first-order valence-electron chi connectivity index (χ1n) is 5.75. The van der Waals surface area contributed by atoms with E-state index in [2.05, 4.69) is 10.3 Å². The number of pyridine rings is 1. The van der Waals surface area contributed by atoms with Gasteiger partial charge in [0.2, 0.25) is 0 Å². The van der Waals surface area contributed by atoms with E-state index in [1.54, 1.807) is 13.1 Å². The van der Waals surface area contributed by atoms with Gasteiger partial charge in [0.1, 0.15) is 5.75 Å². The van der Waals surface area contributed by atoms with Crippen molar-refractivity contribution in [3.8, 4) is 5.75 Å². The third-order valence-electron chi connectivity index (χ3n) is 3.19. The van der Waals surface area contributed by atoms with Gasteiger partial charge in [-0.05, 0) is 26.3 Å². The van der Waals surface area contributed by atoms with E-state index in [-0.39, 0.29) is 18.4 Å². The van der Waals surface area contributed by atoms with Crippen molar-refractivity contribution < 1.29 is 10.2 Å². The number of aliphatic hydroxyl groups excluding tert-OH is 1. The van der Waals surface area contributed by atoms with E-state index in [4.69, 9.17) is 0 Å². The molecule has 0 radical (unpaired) electrons. The predicted octanol–water partition coefficient (Wildman–Crippen LogP) is 1.40. The van der Waals surface area contributed by atoms with Crippen LogP contribution in [0.2, 0.25) is 0 Å². The highest BCUT2D eigenvalue weighted by atomic mass is 16.3. The first kappa shape index (κ1) is 11.4. The molecular formula is C12H18N2O2. The Labute approximate surface area is 95.3 Å². The average molecular weight is 222 g/mol. The van der Waals surface area contributed by atoms with Crippen molar-refractivity contribution in [3.63, 3.8) is 0 Å². The quantitative estimate of drug-likeness (QED) is 0.707. The summed E-state index contributed by atoms with van der Waals surface area (Å²) in [4.78, 5) is 4.07. The first-order chi connectivity index (χ1) is 7.74. The SMILES string of the molecule is Cc1ncc(CO)c(C2CCCCN2)c1O. The van der Waals surface area contributed by atoms with Gasteiger partial charge in [-0.25, -0.2) is 0 Å². The monoisotopic (exact) mass is 222 g/mol. The van der Waals surface area contributed by atoms with Crippen LogP contribution in [0.1, 0.15) is 42.1 Å². The van der Waals surface area contributed by atoms with Gasteiger partial charge in [0.05, 0.1) is 12.3 Å². The standard InChI is InChI=1S/C12H18N2O2/c1-8-12(16)11(9(7-15)6-14-8)10-4-2-3-5-13-10/h6,10,13,15-16H,2-5,7H2,1H3. The number of hydrogen-bond donors (Lipinski definition) is 3. The highest BCUT2D eigenvalue weighted by molar-refractivity contribution is 5.43. The molecule has 4 nitrogen and oxygen atoms in total. The average Bonchev–Trinajstić information content (AvgIpc) is 2.33. The minimum atomic E-state index is -0.0750. The zero-order valence-corrected chi connectivity index (χ0v) is 9.53. The van der Waals surface area contributed by atoms with Crippen LogP contribution in [0.15, 0.2) is 6.20 Å². The topological polar surface area (TPSA) is 65.4 Å². The summed E-state index contributed by atoms with van der Waals surface area (Å²) in [6.07, 6.45) is 4.99. The second kappa shape index (κ2) is 4.80. The van der Waals surface area contributed by atoms with E-state index in [1.165, 1.54) is 6.42 Å². The molecule has 1 atom stereocenters. The van der Waals surface area contributed by atoms with Gasteiger partial charge < -0.3 is 15.5 Å². The summed E-state index contributed by atoms with van der Waals surface area (Å²) in [5, 5.41) is 22.7. The van der Waals surface area contributed by atoms with Crippen molar-refractivity contribution in [1.82, 2.24) is 10.3 Å². The van der Waals surface area contributed by atoms with Crippen LogP contribution in [0.3, 0.4) is 0 Å². The van der Waals surface area contributed by atoms with Gasteiger partial charge in [0, 0.05) is 23.4 Å². The lowest BCUT2D eigenvalue weighted by Crippen LogP contribution is -2.28. The highest BCUT2D eigenvalue weighted by Gasteiger charge is 2.22. The third kappa shape index (κ3) is 2.03. The minimum absolute atomic E-state index is 0.0750. The van der Waals surface area contributed by atoms with Crippen LogP contribution in [-0.4, -0.2) is 21.7 Å². The Hall–Kier alpha value is -1.13. The number of aliphatic hydroxyl groups is 1. The van der Waals surface area contributed by atoms with E-state index in [0.29, 0.717) is 5.69 Å². The maximum atomic E-state index is 10.0. The molecule has 16 heavy (non-hydrogen) atoms. The van der Waals surface area contributed by atoms with E-state index in [1.807, 2.05) is 0 Å². The summed E-state index contributed by atoms with van der Waals surface area (Å²) in [6, 6.07) is 0.151. The van der Waals surface area contributed by atoms with Crippen molar-refractivity contribution >= 4 is 0 Å². The Balaban J connectivity index is 2.39. The largest absolute Gasteiger partial charge is 0.506 e. The van der Waals surface area contributed by atoms with Gasteiger partial charge in [-0.3, -0.25) is 4.98 Å². The van der Waals surface area contributed by atoms with Gasteiger partial charge >= 0.3 is 0 Å². The van der Waals surface area contributed by atoms with Crippen molar-refractivity contribution in [2.45, 2.75) is 38.8 Å². The molecule has 88 valence electrons. The molecule has 0 bridgehead atoms.